The highest BCUT2D eigenvalue weighted by Crippen LogP contribution is 2.36. The van der Waals surface area contributed by atoms with Crippen LogP contribution in [0.1, 0.15) is 32.1 Å². The zero-order valence-electron chi connectivity index (χ0n) is 11.1. The Balaban J connectivity index is 2.06. The molecule has 1 aromatic heterocycles. The van der Waals surface area contributed by atoms with Crippen molar-refractivity contribution in [2.75, 3.05) is 18.5 Å². The molecular formula is C12H20N4O3. The lowest BCUT2D eigenvalue weighted by atomic mass is 9.74. The molecule has 7 nitrogen and oxygen atoms in total. The molecule has 2 rings (SSSR count). The number of aliphatic hydroxyl groups excluding tert-OH is 1. The minimum absolute atomic E-state index is 0.0219. The number of hydrogen-bond donors (Lipinski definition) is 2. The monoisotopic (exact) mass is 268 g/mol. The van der Waals surface area contributed by atoms with Gasteiger partial charge in [-0.15, -0.1) is 5.10 Å². The molecule has 0 amide bonds. The highest BCUT2D eigenvalue weighted by molar-refractivity contribution is 5.54. The summed E-state index contributed by atoms with van der Waals surface area (Å²) < 4.78 is 1.42. The Morgan fingerprint density at radius 3 is 2.79 bits per heavy atom. The van der Waals surface area contributed by atoms with Crippen LogP contribution in [0.2, 0.25) is 0 Å². The van der Waals surface area contributed by atoms with E-state index in [9.17, 15) is 15.2 Å². The van der Waals surface area contributed by atoms with Crippen molar-refractivity contribution in [1.82, 2.24) is 9.78 Å². The van der Waals surface area contributed by atoms with E-state index in [1.807, 2.05) is 0 Å². The number of nitrogens with zero attached hydrogens (tertiary/aromatic N) is 3. The molecule has 0 unspecified atom stereocenters. The number of nitro groups is 1. The first kappa shape index (κ1) is 13.8. The van der Waals surface area contributed by atoms with Gasteiger partial charge < -0.3 is 10.4 Å². The summed E-state index contributed by atoms with van der Waals surface area (Å²) in [6, 6.07) is 0. The lowest BCUT2D eigenvalue weighted by molar-refractivity contribution is -0.384. The van der Waals surface area contributed by atoms with E-state index in [1.54, 1.807) is 7.05 Å². The van der Waals surface area contributed by atoms with Crippen LogP contribution in [0.15, 0.2) is 6.20 Å². The third-order valence-electron chi connectivity index (χ3n) is 3.89. The van der Waals surface area contributed by atoms with E-state index in [0.29, 0.717) is 6.54 Å². The van der Waals surface area contributed by atoms with Crippen LogP contribution in [-0.2, 0) is 7.05 Å². The quantitative estimate of drug-likeness (QED) is 0.626. The van der Waals surface area contributed by atoms with Gasteiger partial charge in [-0.2, -0.15) is 0 Å². The number of anilines is 1. The highest BCUT2D eigenvalue weighted by atomic mass is 16.6. The molecule has 1 saturated carbocycles. The molecule has 0 saturated heterocycles. The predicted molar refractivity (Wildman–Crippen MR) is 71.0 cm³/mol. The lowest BCUT2D eigenvalue weighted by Gasteiger charge is -2.35. The van der Waals surface area contributed by atoms with Crippen LogP contribution < -0.4 is 5.32 Å². The molecule has 7 heteroatoms. The van der Waals surface area contributed by atoms with Crippen molar-refractivity contribution in [3.8, 4) is 0 Å². The molecule has 2 N–H and O–H groups in total. The van der Waals surface area contributed by atoms with Crippen LogP contribution >= 0.6 is 0 Å². The standard InChI is InChI=1S/C12H20N4O3/c1-15-7-10(16(18)19)11(14-15)13-8-12(9-17)5-3-2-4-6-12/h7,17H,2-6,8-9H2,1H3,(H,13,14). The van der Waals surface area contributed by atoms with Crippen LogP contribution in [0.4, 0.5) is 11.5 Å². The van der Waals surface area contributed by atoms with Crippen LogP contribution in [0.5, 0.6) is 0 Å². The van der Waals surface area contributed by atoms with Gasteiger partial charge in [0.05, 0.1) is 11.5 Å². The van der Waals surface area contributed by atoms with Gasteiger partial charge in [-0.1, -0.05) is 19.3 Å². The van der Waals surface area contributed by atoms with Gasteiger partial charge in [0.1, 0.15) is 6.20 Å². The molecule has 1 aromatic rings. The van der Waals surface area contributed by atoms with E-state index < -0.39 is 4.92 Å². The maximum absolute atomic E-state index is 10.9. The molecule has 19 heavy (non-hydrogen) atoms. The van der Waals surface area contributed by atoms with E-state index in [0.717, 1.165) is 25.7 Å². The van der Waals surface area contributed by atoms with Gasteiger partial charge in [-0.25, -0.2) is 0 Å². The van der Waals surface area contributed by atoms with Crippen LogP contribution in [0.3, 0.4) is 0 Å². The number of nitrogens with one attached hydrogen (secondary N) is 1. The van der Waals surface area contributed by atoms with Crippen molar-refractivity contribution in [1.29, 1.82) is 0 Å². The second-order valence-electron chi connectivity index (χ2n) is 5.37. The zero-order valence-corrected chi connectivity index (χ0v) is 11.1. The summed E-state index contributed by atoms with van der Waals surface area (Å²) in [5.41, 5.74) is -0.185. The van der Waals surface area contributed by atoms with Crippen LogP contribution in [-0.4, -0.2) is 33.0 Å². The summed E-state index contributed by atoms with van der Waals surface area (Å²) in [7, 11) is 1.65. The van der Waals surface area contributed by atoms with Crippen molar-refractivity contribution in [3.63, 3.8) is 0 Å². The first-order valence-electron chi connectivity index (χ1n) is 6.59. The first-order chi connectivity index (χ1) is 9.06. The number of aromatic nitrogens is 2. The summed E-state index contributed by atoms with van der Waals surface area (Å²) in [5, 5.41) is 27.6. The molecule has 0 atom stereocenters. The molecule has 0 aromatic carbocycles. The summed E-state index contributed by atoms with van der Waals surface area (Å²) in [4.78, 5) is 10.5. The van der Waals surface area contributed by atoms with Crippen molar-refractivity contribution in [2.45, 2.75) is 32.1 Å². The maximum Gasteiger partial charge on any atom is 0.330 e. The van der Waals surface area contributed by atoms with Gasteiger partial charge in [0, 0.05) is 19.0 Å². The molecule has 1 heterocycles. The highest BCUT2D eigenvalue weighted by Gasteiger charge is 2.32. The molecule has 0 bridgehead atoms. The molecule has 0 radical (unpaired) electrons. The minimum atomic E-state index is -0.443. The van der Waals surface area contributed by atoms with Gasteiger partial charge in [-0.3, -0.25) is 14.8 Å². The fourth-order valence-electron chi connectivity index (χ4n) is 2.70. The summed E-state index contributed by atoms with van der Waals surface area (Å²) >= 11 is 0. The van der Waals surface area contributed by atoms with Crippen LogP contribution in [0.25, 0.3) is 0 Å². The summed E-state index contributed by atoms with van der Waals surface area (Å²) in [5.74, 6) is 0.283. The van der Waals surface area contributed by atoms with Crippen molar-refractivity contribution < 1.29 is 10.0 Å². The Morgan fingerprint density at radius 1 is 1.53 bits per heavy atom. The molecule has 0 aliphatic heterocycles. The fraction of sp³-hybridized carbons (Fsp3) is 0.750. The Hall–Kier alpha value is -1.63. The van der Waals surface area contributed by atoms with Crippen molar-refractivity contribution >= 4 is 11.5 Å². The largest absolute Gasteiger partial charge is 0.396 e. The molecule has 1 aliphatic carbocycles. The average molecular weight is 268 g/mol. The molecule has 1 aliphatic rings. The predicted octanol–water partition coefficient (Wildman–Crippen LogP) is 1.68. The van der Waals surface area contributed by atoms with Crippen LogP contribution in [0, 0.1) is 15.5 Å². The second-order valence-corrected chi connectivity index (χ2v) is 5.37. The van der Waals surface area contributed by atoms with Gasteiger partial charge in [0.15, 0.2) is 0 Å². The van der Waals surface area contributed by atoms with Gasteiger partial charge in [-0.05, 0) is 12.8 Å². The van der Waals surface area contributed by atoms with E-state index in [1.165, 1.54) is 17.3 Å². The van der Waals surface area contributed by atoms with Gasteiger partial charge >= 0.3 is 5.69 Å². The molecule has 0 spiro atoms. The Kier molecular flexibility index (Phi) is 4.04. The smallest absolute Gasteiger partial charge is 0.330 e. The summed E-state index contributed by atoms with van der Waals surface area (Å²) in [6.45, 7) is 0.641. The van der Waals surface area contributed by atoms with Gasteiger partial charge in [0.2, 0.25) is 5.82 Å². The number of aliphatic hydroxyl groups is 1. The number of rotatable bonds is 5. The normalized spacial score (nSPS) is 18.2. The molecule has 1 fully saturated rings. The maximum atomic E-state index is 10.9. The lowest BCUT2D eigenvalue weighted by Crippen LogP contribution is -2.35. The van der Waals surface area contributed by atoms with Crippen molar-refractivity contribution in [3.05, 3.63) is 16.3 Å². The van der Waals surface area contributed by atoms with Gasteiger partial charge in [0.25, 0.3) is 0 Å². The third-order valence-corrected chi connectivity index (χ3v) is 3.89. The fourth-order valence-corrected chi connectivity index (χ4v) is 2.70. The van der Waals surface area contributed by atoms with E-state index >= 15 is 0 Å². The zero-order chi connectivity index (χ0) is 13.9. The van der Waals surface area contributed by atoms with E-state index in [-0.39, 0.29) is 23.5 Å². The third kappa shape index (κ3) is 3.04. The molecular weight excluding hydrogens is 248 g/mol. The Bertz CT molecular complexity index is 452. The minimum Gasteiger partial charge on any atom is -0.396 e. The SMILES string of the molecule is Cn1cc([N+](=O)[O-])c(NCC2(CO)CCCCC2)n1. The number of aryl methyl sites for hydroxylation is 1. The molecule has 106 valence electrons. The Morgan fingerprint density at radius 2 is 2.21 bits per heavy atom. The van der Waals surface area contributed by atoms with E-state index in [2.05, 4.69) is 10.4 Å². The number of hydrogen-bond acceptors (Lipinski definition) is 5. The van der Waals surface area contributed by atoms with E-state index in [4.69, 9.17) is 0 Å². The average Bonchev–Trinajstić information content (AvgIpc) is 2.79. The second kappa shape index (κ2) is 5.56. The van der Waals surface area contributed by atoms with Crippen molar-refractivity contribution in [2.24, 2.45) is 12.5 Å². The topological polar surface area (TPSA) is 93.2 Å². The summed E-state index contributed by atoms with van der Waals surface area (Å²) in [6.07, 6.45) is 6.70. The first-order valence-corrected chi connectivity index (χ1v) is 6.59. The Labute approximate surface area is 111 Å².